The summed E-state index contributed by atoms with van der Waals surface area (Å²) in [4.78, 5) is 12.3. The molecular weight excluding hydrogens is 222 g/mol. The molecule has 94 valence electrons. The van der Waals surface area contributed by atoms with Crippen LogP contribution in [0.2, 0.25) is 0 Å². The Bertz CT molecular complexity index is 617. The van der Waals surface area contributed by atoms with Gasteiger partial charge in [-0.25, -0.2) is 0 Å². The third-order valence-corrected chi connectivity index (χ3v) is 3.89. The summed E-state index contributed by atoms with van der Waals surface area (Å²) in [7, 11) is 2.01. The van der Waals surface area contributed by atoms with Crippen molar-refractivity contribution >= 4 is 16.7 Å². The fourth-order valence-electron chi connectivity index (χ4n) is 2.53. The molecule has 0 atom stereocenters. The van der Waals surface area contributed by atoms with E-state index in [1.807, 2.05) is 13.2 Å². The molecule has 18 heavy (non-hydrogen) atoms. The Kier molecular flexibility index (Phi) is 2.54. The number of nitrogens with zero attached hydrogens (tertiary/aromatic N) is 1. The molecule has 1 aromatic heterocycles. The van der Waals surface area contributed by atoms with Crippen molar-refractivity contribution in [3.8, 4) is 0 Å². The molecule has 0 bridgehead atoms. The van der Waals surface area contributed by atoms with Crippen LogP contribution in [0, 0.1) is 5.92 Å². The van der Waals surface area contributed by atoms with Gasteiger partial charge >= 0.3 is 0 Å². The summed E-state index contributed by atoms with van der Waals surface area (Å²) in [6.45, 7) is 4.37. The molecule has 0 amide bonds. The summed E-state index contributed by atoms with van der Waals surface area (Å²) in [6.07, 6.45) is 4.13. The molecule has 1 aromatic carbocycles. The van der Waals surface area contributed by atoms with E-state index in [-0.39, 0.29) is 0 Å². The zero-order chi connectivity index (χ0) is 12.9. The maximum atomic E-state index is 12.3. The van der Waals surface area contributed by atoms with E-state index in [1.165, 1.54) is 5.56 Å². The van der Waals surface area contributed by atoms with Crippen molar-refractivity contribution in [1.29, 1.82) is 0 Å². The Labute approximate surface area is 108 Å². The highest BCUT2D eigenvalue weighted by atomic mass is 16.1. The predicted molar refractivity (Wildman–Crippen MR) is 74.1 cm³/mol. The Morgan fingerprint density at radius 1 is 1.33 bits per heavy atom. The molecule has 0 spiro atoms. The van der Waals surface area contributed by atoms with Crippen molar-refractivity contribution in [3.05, 3.63) is 35.5 Å². The van der Waals surface area contributed by atoms with Gasteiger partial charge in [-0.1, -0.05) is 19.9 Å². The number of benzene rings is 1. The average molecular weight is 241 g/mol. The van der Waals surface area contributed by atoms with E-state index < -0.39 is 0 Å². The van der Waals surface area contributed by atoms with Crippen molar-refractivity contribution in [1.82, 2.24) is 4.57 Å². The number of aryl methyl sites for hydroxylation is 1. The molecule has 0 saturated heterocycles. The molecule has 1 fully saturated rings. The monoisotopic (exact) mass is 241 g/mol. The predicted octanol–water partition coefficient (Wildman–Crippen LogP) is 3.89. The molecule has 1 aliphatic carbocycles. The molecule has 2 heteroatoms. The minimum absolute atomic E-state index is 0.290. The second-order valence-corrected chi connectivity index (χ2v) is 5.72. The highest BCUT2D eigenvalue weighted by Gasteiger charge is 2.32. The van der Waals surface area contributed by atoms with Gasteiger partial charge in [0, 0.05) is 35.6 Å². The van der Waals surface area contributed by atoms with Gasteiger partial charge in [0.25, 0.3) is 0 Å². The lowest BCUT2D eigenvalue weighted by molar-refractivity contribution is 0.0969. The highest BCUT2D eigenvalue weighted by Crippen LogP contribution is 2.35. The Morgan fingerprint density at radius 2 is 2.06 bits per heavy atom. The van der Waals surface area contributed by atoms with Crippen LogP contribution in [0.3, 0.4) is 0 Å². The van der Waals surface area contributed by atoms with E-state index in [9.17, 15) is 4.79 Å². The van der Waals surface area contributed by atoms with Crippen LogP contribution in [-0.4, -0.2) is 10.4 Å². The third kappa shape index (κ3) is 1.76. The molecule has 0 unspecified atom stereocenters. The van der Waals surface area contributed by atoms with Gasteiger partial charge in [-0.15, -0.1) is 0 Å². The number of Topliss-reactive ketones (excluding diaryl/α,β-unsaturated/α-hetero) is 1. The first-order chi connectivity index (χ1) is 8.58. The maximum Gasteiger partial charge on any atom is 0.168 e. The number of rotatable bonds is 3. The molecule has 2 nitrogen and oxygen atoms in total. The zero-order valence-corrected chi connectivity index (χ0v) is 11.2. The lowest BCUT2D eigenvalue weighted by Gasteiger charge is -2.06. The summed E-state index contributed by atoms with van der Waals surface area (Å²) in [5.41, 5.74) is 3.37. The van der Waals surface area contributed by atoms with Gasteiger partial charge in [-0.3, -0.25) is 4.79 Å². The van der Waals surface area contributed by atoms with Crippen LogP contribution in [0.1, 0.15) is 48.5 Å². The molecule has 2 aromatic rings. The van der Waals surface area contributed by atoms with E-state index in [0.29, 0.717) is 17.6 Å². The lowest BCUT2D eigenvalue weighted by atomic mass is 9.99. The van der Waals surface area contributed by atoms with Crippen LogP contribution in [0.25, 0.3) is 10.9 Å². The topological polar surface area (TPSA) is 22.0 Å². The number of ketones is 1. The minimum atomic E-state index is 0.290. The van der Waals surface area contributed by atoms with Gasteiger partial charge in [-0.05, 0) is 36.5 Å². The van der Waals surface area contributed by atoms with E-state index >= 15 is 0 Å². The smallest absolute Gasteiger partial charge is 0.168 e. The van der Waals surface area contributed by atoms with Crippen molar-refractivity contribution in [2.75, 3.05) is 0 Å². The number of hydrogen-bond acceptors (Lipinski definition) is 1. The fraction of sp³-hybridized carbons (Fsp3) is 0.438. The molecule has 1 saturated carbocycles. The van der Waals surface area contributed by atoms with Crippen LogP contribution < -0.4 is 0 Å². The number of carbonyl (C=O) groups is 1. The van der Waals surface area contributed by atoms with Crippen molar-refractivity contribution in [2.45, 2.75) is 32.6 Å². The number of fused-ring (bicyclic) bond motifs is 1. The molecule has 3 rings (SSSR count). The minimum Gasteiger partial charge on any atom is -0.350 e. The van der Waals surface area contributed by atoms with Gasteiger partial charge in [0.05, 0.1) is 0 Å². The summed E-state index contributed by atoms with van der Waals surface area (Å²) >= 11 is 0. The van der Waals surface area contributed by atoms with Crippen LogP contribution in [0.5, 0.6) is 0 Å². The van der Waals surface area contributed by atoms with Gasteiger partial charge in [0.2, 0.25) is 0 Å². The number of carbonyl (C=O) groups excluding carboxylic acids is 1. The summed E-state index contributed by atoms with van der Waals surface area (Å²) < 4.78 is 2.06. The molecule has 1 aliphatic rings. The second-order valence-electron chi connectivity index (χ2n) is 5.72. The number of hydrogen-bond donors (Lipinski definition) is 0. The zero-order valence-electron chi connectivity index (χ0n) is 11.2. The van der Waals surface area contributed by atoms with Gasteiger partial charge in [0.1, 0.15) is 0 Å². The molecule has 0 radical (unpaired) electrons. The van der Waals surface area contributed by atoms with Gasteiger partial charge in [-0.2, -0.15) is 0 Å². The lowest BCUT2D eigenvalue weighted by Crippen LogP contribution is -2.00. The molecule has 0 N–H and O–H groups in total. The molecule has 0 aliphatic heterocycles. The van der Waals surface area contributed by atoms with Crippen molar-refractivity contribution in [2.24, 2.45) is 13.0 Å². The Hall–Kier alpha value is -1.57. The normalized spacial score (nSPS) is 15.6. The number of aromatic nitrogens is 1. The van der Waals surface area contributed by atoms with Crippen molar-refractivity contribution < 1.29 is 4.79 Å². The van der Waals surface area contributed by atoms with E-state index in [1.54, 1.807) is 0 Å². The average Bonchev–Trinajstić information content (AvgIpc) is 3.14. The van der Waals surface area contributed by atoms with E-state index in [4.69, 9.17) is 0 Å². The van der Waals surface area contributed by atoms with Crippen LogP contribution >= 0.6 is 0 Å². The van der Waals surface area contributed by atoms with Crippen molar-refractivity contribution in [3.63, 3.8) is 0 Å². The Morgan fingerprint density at radius 3 is 2.67 bits per heavy atom. The first-order valence-corrected chi connectivity index (χ1v) is 6.71. The fourth-order valence-corrected chi connectivity index (χ4v) is 2.53. The standard InChI is InChI=1S/C16H19NO/c1-10(2)12-6-7-15-13(8-12)14(9-17(15)3)16(18)11-4-5-11/h6-11H,4-5H2,1-3H3. The summed E-state index contributed by atoms with van der Waals surface area (Å²) in [5.74, 6) is 1.12. The Balaban J connectivity index is 2.18. The largest absolute Gasteiger partial charge is 0.350 e. The second kappa shape index (κ2) is 3.98. The van der Waals surface area contributed by atoms with E-state index in [0.717, 1.165) is 29.3 Å². The SMILES string of the molecule is CC(C)c1ccc2c(c1)c(C(=O)C1CC1)cn2C. The maximum absolute atomic E-state index is 12.3. The van der Waals surface area contributed by atoms with E-state index in [2.05, 4.69) is 36.6 Å². The molecule has 1 heterocycles. The summed E-state index contributed by atoms with van der Waals surface area (Å²) in [6, 6.07) is 6.49. The first-order valence-electron chi connectivity index (χ1n) is 6.71. The quantitative estimate of drug-likeness (QED) is 0.747. The van der Waals surface area contributed by atoms with Crippen LogP contribution in [0.4, 0.5) is 0 Å². The third-order valence-electron chi connectivity index (χ3n) is 3.89. The van der Waals surface area contributed by atoms with Crippen LogP contribution in [-0.2, 0) is 7.05 Å². The summed E-state index contributed by atoms with van der Waals surface area (Å²) in [5, 5.41) is 1.13. The van der Waals surface area contributed by atoms with Gasteiger partial charge in [0.15, 0.2) is 5.78 Å². The highest BCUT2D eigenvalue weighted by molar-refractivity contribution is 6.10. The van der Waals surface area contributed by atoms with Gasteiger partial charge < -0.3 is 4.57 Å². The molecular formula is C16H19NO. The van der Waals surface area contributed by atoms with Crippen LogP contribution in [0.15, 0.2) is 24.4 Å². The first kappa shape index (κ1) is 11.5.